The summed E-state index contributed by atoms with van der Waals surface area (Å²) < 4.78 is 2.03. The fraction of sp³-hybridized carbons (Fsp3) is 0.167. The summed E-state index contributed by atoms with van der Waals surface area (Å²) in [7, 11) is 0. The van der Waals surface area contributed by atoms with Gasteiger partial charge in [-0.3, -0.25) is 0 Å². The smallest absolute Gasteiger partial charge is 0.0761 e. The molecule has 1 aromatic carbocycles. The second-order valence-electron chi connectivity index (χ2n) is 3.36. The lowest BCUT2D eigenvalue weighted by molar-refractivity contribution is 0.199. The van der Waals surface area contributed by atoms with E-state index in [1.807, 2.05) is 53.4 Å². The van der Waals surface area contributed by atoms with Crippen LogP contribution in [-0.2, 0) is 0 Å². The Bertz CT molecular complexity index is 387. The Labute approximate surface area is 83.4 Å². The predicted molar refractivity (Wildman–Crippen MR) is 56.4 cm³/mol. The monoisotopic (exact) mass is 187 g/mol. The standard InChI is InChI=1S/C12H13NO/c1-10(14)11-4-6-12(7-5-11)13-8-2-3-9-13/h2-10,14H,1H3/t10-/m0/s1. The van der Waals surface area contributed by atoms with Gasteiger partial charge in [0.1, 0.15) is 0 Å². The predicted octanol–water partition coefficient (Wildman–Crippen LogP) is 2.53. The number of rotatable bonds is 2. The van der Waals surface area contributed by atoms with Gasteiger partial charge in [-0.25, -0.2) is 0 Å². The molecule has 1 atom stereocenters. The first-order chi connectivity index (χ1) is 6.77. The molecule has 0 radical (unpaired) electrons. The first kappa shape index (κ1) is 9.03. The molecule has 1 heterocycles. The lowest BCUT2D eigenvalue weighted by Gasteiger charge is -2.06. The Kier molecular flexibility index (Phi) is 2.37. The van der Waals surface area contributed by atoms with E-state index in [-0.39, 0.29) is 0 Å². The highest BCUT2D eigenvalue weighted by Crippen LogP contribution is 2.15. The highest BCUT2D eigenvalue weighted by molar-refractivity contribution is 5.35. The number of aliphatic hydroxyl groups excluding tert-OH is 1. The van der Waals surface area contributed by atoms with Crippen molar-refractivity contribution in [1.29, 1.82) is 0 Å². The molecule has 0 saturated heterocycles. The van der Waals surface area contributed by atoms with E-state index in [9.17, 15) is 5.11 Å². The Morgan fingerprint density at radius 3 is 2.14 bits per heavy atom. The maximum Gasteiger partial charge on any atom is 0.0761 e. The number of nitrogens with zero attached hydrogens (tertiary/aromatic N) is 1. The van der Waals surface area contributed by atoms with Crippen molar-refractivity contribution in [2.75, 3.05) is 0 Å². The molecule has 2 rings (SSSR count). The van der Waals surface area contributed by atoms with Crippen LogP contribution in [0.4, 0.5) is 0 Å². The third-order valence-corrected chi connectivity index (χ3v) is 2.28. The highest BCUT2D eigenvalue weighted by atomic mass is 16.3. The minimum atomic E-state index is -0.395. The quantitative estimate of drug-likeness (QED) is 0.767. The summed E-state index contributed by atoms with van der Waals surface area (Å²) in [4.78, 5) is 0. The summed E-state index contributed by atoms with van der Waals surface area (Å²) in [5, 5.41) is 9.34. The van der Waals surface area contributed by atoms with Crippen LogP contribution in [0.2, 0.25) is 0 Å². The molecule has 0 bridgehead atoms. The highest BCUT2D eigenvalue weighted by Gasteiger charge is 2.00. The molecule has 2 heteroatoms. The second kappa shape index (κ2) is 3.68. The van der Waals surface area contributed by atoms with Crippen LogP contribution in [-0.4, -0.2) is 9.67 Å². The molecular weight excluding hydrogens is 174 g/mol. The number of hydrogen-bond donors (Lipinski definition) is 1. The van der Waals surface area contributed by atoms with Gasteiger partial charge < -0.3 is 9.67 Å². The van der Waals surface area contributed by atoms with E-state index < -0.39 is 6.10 Å². The maximum atomic E-state index is 9.34. The largest absolute Gasteiger partial charge is 0.389 e. The lowest BCUT2D eigenvalue weighted by atomic mass is 10.1. The summed E-state index contributed by atoms with van der Waals surface area (Å²) in [5.41, 5.74) is 2.06. The Balaban J connectivity index is 2.31. The summed E-state index contributed by atoms with van der Waals surface area (Å²) in [6, 6.07) is 11.9. The minimum Gasteiger partial charge on any atom is -0.389 e. The molecule has 1 N–H and O–H groups in total. The van der Waals surface area contributed by atoms with Crippen molar-refractivity contribution in [1.82, 2.24) is 4.57 Å². The molecular formula is C12H13NO. The molecule has 0 aliphatic carbocycles. The van der Waals surface area contributed by atoms with Crippen LogP contribution in [0.1, 0.15) is 18.6 Å². The zero-order chi connectivity index (χ0) is 9.97. The second-order valence-corrected chi connectivity index (χ2v) is 3.36. The van der Waals surface area contributed by atoms with Crippen molar-refractivity contribution in [3.8, 4) is 5.69 Å². The molecule has 0 aliphatic heterocycles. The van der Waals surface area contributed by atoms with Crippen LogP contribution < -0.4 is 0 Å². The molecule has 0 unspecified atom stereocenters. The molecule has 0 aliphatic rings. The topological polar surface area (TPSA) is 25.2 Å². The van der Waals surface area contributed by atoms with Gasteiger partial charge in [0.15, 0.2) is 0 Å². The van der Waals surface area contributed by atoms with Crippen molar-refractivity contribution in [2.45, 2.75) is 13.0 Å². The van der Waals surface area contributed by atoms with Gasteiger partial charge >= 0.3 is 0 Å². The van der Waals surface area contributed by atoms with Gasteiger partial charge in [0, 0.05) is 18.1 Å². The zero-order valence-electron chi connectivity index (χ0n) is 8.09. The molecule has 2 aromatic rings. The van der Waals surface area contributed by atoms with Gasteiger partial charge in [-0.15, -0.1) is 0 Å². The Morgan fingerprint density at radius 2 is 1.64 bits per heavy atom. The molecule has 14 heavy (non-hydrogen) atoms. The molecule has 1 aromatic heterocycles. The van der Waals surface area contributed by atoms with Gasteiger partial charge in [-0.1, -0.05) is 12.1 Å². The molecule has 0 amide bonds. The van der Waals surface area contributed by atoms with Crippen molar-refractivity contribution >= 4 is 0 Å². The molecule has 0 spiro atoms. The summed E-state index contributed by atoms with van der Waals surface area (Å²) in [6.45, 7) is 1.77. The van der Waals surface area contributed by atoms with Gasteiger partial charge in [0.25, 0.3) is 0 Å². The summed E-state index contributed by atoms with van der Waals surface area (Å²) >= 11 is 0. The fourth-order valence-corrected chi connectivity index (χ4v) is 1.43. The van der Waals surface area contributed by atoms with Crippen molar-refractivity contribution < 1.29 is 5.11 Å². The number of benzene rings is 1. The Hall–Kier alpha value is -1.54. The van der Waals surface area contributed by atoms with E-state index in [2.05, 4.69) is 0 Å². The van der Waals surface area contributed by atoms with Crippen molar-refractivity contribution in [3.63, 3.8) is 0 Å². The third kappa shape index (κ3) is 1.70. The zero-order valence-corrected chi connectivity index (χ0v) is 8.09. The first-order valence-electron chi connectivity index (χ1n) is 4.69. The summed E-state index contributed by atoms with van der Waals surface area (Å²) in [6.07, 6.45) is 3.60. The SMILES string of the molecule is C[C@H](O)c1ccc(-n2cccc2)cc1. The maximum absolute atomic E-state index is 9.34. The van der Waals surface area contributed by atoms with Gasteiger partial charge in [-0.05, 0) is 36.8 Å². The molecule has 0 saturated carbocycles. The molecule has 72 valence electrons. The van der Waals surface area contributed by atoms with Crippen LogP contribution in [0.15, 0.2) is 48.8 Å². The van der Waals surface area contributed by atoms with E-state index in [4.69, 9.17) is 0 Å². The van der Waals surface area contributed by atoms with Crippen molar-refractivity contribution in [3.05, 3.63) is 54.4 Å². The average Bonchev–Trinajstić information content (AvgIpc) is 2.71. The van der Waals surface area contributed by atoms with Gasteiger partial charge in [0.2, 0.25) is 0 Å². The molecule has 2 nitrogen and oxygen atoms in total. The average molecular weight is 187 g/mol. The van der Waals surface area contributed by atoms with Gasteiger partial charge in [0.05, 0.1) is 6.10 Å². The third-order valence-electron chi connectivity index (χ3n) is 2.28. The van der Waals surface area contributed by atoms with E-state index in [0.717, 1.165) is 11.3 Å². The van der Waals surface area contributed by atoms with Crippen LogP contribution in [0, 0.1) is 0 Å². The van der Waals surface area contributed by atoms with Crippen LogP contribution in [0.25, 0.3) is 5.69 Å². The van der Waals surface area contributed by atoms with Crippen molar-refractivity contribution in [2.24, 2.45) is 0 Å². The summed E-state index contributed by atoms with van der Waals surface area (Å²) in [5.74, 6) is 0. The van der Waals surface area contributed by atoms with E-state index >= 15 is 0 Å². The first-order valence-corrected chi connectivity index (χ1v) is 4.69. The number of hydrogen-bond acceptors (Lipinski definition) is 1. The lowest BCUT2D eigenvalue weighted by Crippen LogP contribution is -1.93. The minimum absolute atomic E-state index is 0.395. The molecule has 0 fully saturated rings. The number of aromatic nitrogens is 1. The van der Waals surface area contributed by atoms with E-state index in [1.165, 1.54) is 0 Å². The van der Waals surface area contributed by atoms with Crippen LogP contribution in [0.3, 0.4) is 0 Å². The van der Waals surface area contributed by atoms with E-state index in [0.29, 0.717) is 0 Å². The van der Waals surface area contributed by atoms with E-state index in [1.54, 1.807) is 6.92 Å². The van der Waals surface area contributed by atoms with Crippen LogP contribution in [0.5, 0.6) is 0 Å². The number of aliphatic hydroxyl groups is 1. The fourth-order valence-electron chi connectivity index (χ4n) is 1.43. The van der Waals surface area contributed by atoms with Crippen LogP contribution >= 0.6 is 0 Å². The normalized spacial score (nSPS) is 12.7. The Morgan fingerprint density at radius 1 is 1.07 bits per heavy atom. The van der Waals surface area contributed by atoms with Gasteiger partial charge in [-0.2, -0.15) is 0 Å².